The zero-order valence-electron chi connectivity index (χ0n) is 11.3. The van der Waals surface area contributed by atoms with Gasteiger partial charge in [-0.05, 0) is 41.8 Å². The van der Waals surface area contributed by atoms with Gasteiger partial charge in [0.25, 0.3) is 0 Å². The van der Waals surface area contributed by atoms with E-state index in [9.17, 15) is 0 Å². The molecule has 2 aromatic heterocycles. The lowest BCUT2D eigenvalue weighted by atomic mass is 10.2. The van der Waals surface area contributed by atoms with Crippen LogP contribution in [0.15, 0.2) is 23.0 Å². The highest BCUT2D eigenvalue weighted by molar-refractivity contribution is 7.07. The predicted octanol–water partition coefficient (Wildman–Crippen LogP) is 3.05. The molecule has 0 radical (unpaired) electrons. The smallest absolute Gasteiger partial charge is 0.0670 e. The van der Waals surface area contributed by atoms with Crippen molar-refractivity contribution in [2.24, 2.45) is 5.92 Å². The molecule has 4 heteroatoms. The maximum absolute atomic E-state index is 4.47. The van der Waals surface area contributed by atoms with Gasteiger partial charge in [-0.2, -0.15) is 16.4 Å². The molecule has 2 heterocycles. The van der Waals surface area contributed by atoms with Crippen LogP contribution in [0.1, 0.15) is 30.7 Å². The third-order valence-corrected chi connectivity index (χ3v) is 3.72. The first-order chi connectivity index (χ1) is 8.66. The molecule has 98 valence electrons. The Kier molecular flexibility index (Phi) is 4.55. The summed E-state index contributed by atoms with van der Waals surface area (Å²) in [5.41, 5.74) is 3.89. The van der Waals surface area contributed by atoms with Crippen LogP contribution in [0, 0.1) is 12.8 Å². The highest BCUT2D eigenvalue weighted by atomic mass is 32.1. The molecule has 0 aliphatic rings. The molecule has 0 unspecified atom stereocenters. The van der Waals surface area contributed by atoms with Gasteiger partial charge in [0.05, 0.1) is 12.7 Å². The van der Waals surface area contributed by atoms with E-state index in [1.54, 1.807) is 11.3 Å². The number of thiophene rings is 1. The summed E-state index contributed by atoms with van der Waals surface area (Å²) in [4.78, 5) is 0. The van der Waals surface area contributed by atoms with Crippen LogP contribution >= 0.6 is 11.3 Å². The first-order valence-corrected chi connectivity index (χ1v) is 7.34. The predicted molar refractivity (Wildman–Crippen MR) is 76.9 cm³/mol. The summed E-state index contributed by atoms with van der Waals surface area (Å²) in [6.45, 7) is 9.42. The van der Waals surface area contributed by atoms with Gasteiger partial charge in [0.1, 0.15) is 0 Å². The Morgan fingerprint density at radius 2 is 2.28 bits per heavy atom. The summed E-state index contributed by atoms with van der Waals surface area (Å²) in [7, 11) is 0. The third-order valence-electron chi connectivity index (χ3n) is 2.99. The summed E-state index contributed by atoms with van der Waals surface area (Å²) in [5, 5.41) is 12.2. The highest BCUT2D eigenvalue weighted by Crippen LogP contribution is 2.12. The molecule has 3 nitrogen and oxygen atoms in total. The molecular formula is C14H21N3S. The van der Waals surface area contributed by atoms with Crippen LogP contribution in [0.2, 0.25) is 0 Å². The average molecular weight is 263 g/mol. The van der Waals surface area contributed by atoms with Gasteiger partial charge in [0, 0.05) is 17.8 Å². The molecule has 0 bridgehead atoms. The van der Waals surface area contributed by atoms with Crippen molar-refractivity contribution in [3.05, 3.63) is 39.8 Å². The van der Waals surface area contributed by atoms with Crippen molar-refractivity contribution in [1.29, 1.82) is 0 Å². The van der Waals surface area contributed by atoms with Crippen LogP contribution in [-0.2, 0) is 13.1 Å². The molecule has 0 fully saturated rings. The lowest BCUT2D eigenvalue weighted by Crippen LogP contribution is -2.19. The Hall–Kier alpha value is -1.13. The van der Waals surface area contributed by atoms with Crippen molar-refractivity contribution >= 4 is 11.3 Å². The van der Waals surface area contributed by atoms with Crippen LogP contribution < -0.4 is 5.32 Å². The van der Waals surface area contributed by atoms with E-state index in [1.807, 2.05) is 6.20 Å². The van der Waals surface area contributed by atoms with E-state index in [1.165, 1.54) is 16.8 Å². The molecule has 0 aliphatic carbocycles. The van der Waals surface area contributed by atoms with Gasteiger partial charge in [-0.3, -0.25) is 4.68 Å². The Balaban J connectivity index is 1.95. The van der Waals surface area contributed by atoms with Gasteiger partial charge in [-0.25, -0.2) is 0 Å². The number of hydrogen-bond donors (Lipinski definition) is 1. The van der Waals surface area contributed by atoms with Gasteiger partial charge >= 0.3 is 0 Å². The topological polar surface area (TPSA) is 29.9 Å². The minimum Gasteiger partial charge on any atom is -0.312 e. The van der Waals surface area contributed by atoms with Crippen LogP contribution in [0.5, 0.6) is 0 Å². The maximum atomic E-state index is 4.47. The van der Waals surface area contributed by atoms with E-state index in [-0.39, 0.29) is 0 Å². The monoisotopic (exact) mass is 263 g/mol. The molecule has 2 rings (SSSR count). The second kappa shape index (κ2) is 6.16. The van der Waals surface area contributed by atoms with Crippen LogP contribution in [0.4, 0.5) is 0 Å². The SMILES string of the molecule is Cc1c(CNCC(C)C)cnn1Cc1ccsc1. The summed E-state index contributed by atoms with van der Waals surface area (Å²) >= 11 is 1.74. The Bertz CT molecular complexity index is 471. The van der Waals surface area contributed by atoms with Crippen molar-refractivity contribution < 1.29 is 0 Å². The van der Waals surface area contributed by atoms with Gasteiger partial charge < -0.3 is 5.32 Å². The molecule has 2 aromatic rings. The Morgan fingerprint density at radius 3 is 2.94 bits per heavy atom. The molecule has 0 atom stereocenters. The Labute approximate surface area is 113 Å². The van der Waals surface area contributed by atoms with Gasteiger partial charge in [-0.1, -0.05) is 13.8 Å². The minimum atomic E-state index is 0.686. The summed E-state index contributed by atoms with van der Waals surface area (Å²) in [6, 6.07) is 2.16. The lowest BCUT2D eigenvalue weighted by Gasteiger charge is -2.07. The van der Waals surface area contributed by atoms with Gasteiger partial charge in [0.2, 0.25) is 0 Å². The highest BCUT2D eigenvalue weighted by Gasteiger charge is 2.07. The lowest BCUT2D eigenvalue weighted by molar-refractivity contribution is 0.551. The first-order valence-electron chi connectivity index (χ1n) is 6.40. The molecule has 0 amide bonds. The van der Waals surface area contributed by atoms with Crippen molar-refractivity contribution in [3.8, 4) is 0 Å². The number of rotatable bonds is 6. The van der Waals surface area contributed by atoms with Crippen LogP contribution in [0.3, 0.4) is 0 Å². The van der Waals surface area contributed by atoms with E-state index in [0.717, 1.165) is 19.6 Å². The molecule has 0 aliphatic heterocycles. The number of nitrogens with one attached hydrogen (secondary N) is 1. The fourth-order valence-corrected chi connectivity index (χ4v) is 2.53. The fourth-order valence-electron chi connectivity index (χ4n) is 1.87. The number of hydrogen-bond acceptors (Lipinski definition) is 3. The largest absolute Gasteiger partial charge is 0.312 e. The van der Waals surface area contributed by atoms with Crippen molar-refractivity contribution in [2.45, 2.75) is 33.9 Å². The van der Waals surface area contributed by atoms with Crippen molar-refractivity contribution in [2.75, 3.05) is 6.54 Å². The van der Waals surface area contributed by atoms with E-state index >= 15 is 0 Å². The average Bonchev–Trinajstić information content (AvgIpc) is 2.93. The standard InChI is InChI=1S/C14H21N3S/c1-11(2)6-15-7-14-8-16-17(12(14)3)9-13-4-5-18-10-13/h4-5,8,10-11,15H,6-7,9H2,1-3H3. The fraction of sp³-hybridized carbons (Fsp3) is 0.500. The van der Waals surface area contributed by atoms with Gasteiger partial charge in [0.15, 0.2) is 0 Å². The third kappa shape index (κ3) is 3.43. The molecule has 0 spiro atoms. The number of aromatic nitrogens is 2. The quantitative estimate of drug-likeness (QED) is 0.868. The molecule has 0 aromatic carbocycles. The summed E-state index contributed by atoms with van der Waals surface area (Å²) in [5.74, 6) is 0.686. The number of nitrogens with zero attached hydrogens (tertiary/aromatic N) is 2. The van der Waals surface area contributed by atoms with E-state index < -0.39 is 0 Å². The molecule has 0 saturated carbocycles. The minimum absolute atomic E-state index is 0.686. The van der Waals surface area contributed by atoms with Crippen LogP contribution in [-0.4, -0.2) is 16.3 Å². The van der Waals surface area contributed by atoms with Crippen molar-refractivity contribution in [3.63, 3.8) is 0 Å². The molecular weight excluding hydrogens is 242 g/mol. The van der Waals surface area contributed by atoms with Crippen LogP contribution in [0.25, 0.3) is 0 Å². The second-order valence-corrected chi connectivity index (χ2v) is 5.85. The summed E-state index contributed by atoms with van der Waals surface area (Å²) in [6.07, 6.45) is 1.98. The molecule has 18 heavy (non-hydrogen) atoms. The summed E-state index contributed by atoms with van der Waals surface area (Å²) < 4.78 is 2.08. The molecule has 1 N–H and O–H groups in total. The zero-order valence-corrected chi connectivity index (χ0v) is 12.1. The Morgan fingerprint density at radius 1 is 1.44 bits per heavy atom. The van der Waals surface area contributed by atoms with E-state index in [2.05, 4.69) is 52.7 Å². The normalized spacial score (nSPS) is 11.3. The molecule has 0 saturated heterocycles. The second-order valence-electron chi connectivity index (χ2n) is 5.07. The van der Waals surface area contributed by atoms with Gasteiger partial charge in [-0.15, -0.1) is 0 Å². The van der Waals surface area contributed by atoms with Crippen molar-refractivity contribution in [1.82, 2.24) is 15.1 Å². The maximum Gasteiger partial charge on any atom is 0.0670 e. The zero-order chi connectivity index (χ0) is 13.0. The van der Waals surface area contributed by atoms with E-state index in [4.69, 9.17) is 0 Å². The van der Waals surface area contributed by atoms with E-state index in [0.29, 0.717) is 5.92 Å². The first kappa shape index (κ1) is 13.3.